The van der Waals surface area contributed by atoms with Crippen molar-refractivity contribution in [2.24, 2.45) is 5.73 Å². The minimum Gasteiger partial charge on any atom is -0.481 e. The van der Waals surface area contributed by atoms with Crippen LogP contribution in [0.5, 0.6) is 11.6 Å². The number of esters is 1. The molecule has 0 atom stereocenters. The first-order valence-corrected chi connectivity index (χ1v) is 6.53. The molecule has 8 heteroatoms. The number of aliphatic carboxylic acids is 1. The summed E-state index contributed by atoms with van der Waals surface area (Å²) in [6.07, 6.45) is 1.38. The van der Waals surface area contributed by atoms with Gasteiger partial charge in [0, 0.05) is 19.5 Å². The largest absolute Gasteiger partial charge is 0.481 e. The molecule has 2 rings (SSSR count). The maximum atomic E-state index is 11.4. The van der Waals surface area contributed by atoms with Gasteiger partial charge in [0.05, 0.1) is 18.4 Å². The molecular formula is C15H17N3O5. The summed E-state index contributed by atoms with van der Waals surface area (Å²) in [6.45, 7) is 1.39. The second-order valence-electron chi connectivity index (χ2n) is 4.19. The number of carbonyl (C=O) groups is 2. The van der Waals surface area contributed by atoms with E-state index in [-0.39, 0.29) is 0 Å². The molecule has 1 heterocycles. The molecule has 0 aliphatic rings. The van der Waals surface area contributed by atoms with Crippen LogP contribution in [0.4, 0.5) is 0 Å². The Bertz CT molecular complexity index is 672. The van der Waals surface area contributed by atoms with Crippen LogP contribution in [0.25, 0.3) is 0 Å². The summed E-state index contributed by atoms with van der Waals surface area (Å²) in [4.78, 5) is 28.3. The Hall–Kier alpha value is -3.00. The zero-order valence-electron chi connectivity index (χ0n) is 12.7. The van der Waals surface area contributed by atoms with Crippen LogP contribution in [0.1, 0.15) is 23.0 Å². The Morgan fingerprint density at radius 1 is 1.26 bits per heavy atom. The van der Waals surface area contributed by atoms with E-state index in [0.29, 0.717) is 29.4 Å². The van der Waals surface area contributed by atoms with Crippen molar-refractivity contribution in [1.82, 2.24) is 9.97 Å². The van der Waals surface area contributed by atoms with Crippen LogP contribution in [-0.2, 0) is 16.1 Å². The van der Waals surface area contributed by atoms with Crippen LogP contribution in [-0.4, -0.2) is 34.1 Å². The predicted molar refractivity (Wildman–Crippen MR) is 81.1 cm³/mol. The number of aromatic nitrogens is 2. The molecule has 1 aromatic carbocycles. The molecule has 23 heavy (non-hydrogen) atoms. The van der Waals surface area contributed by atoms with Gasteiger partial charge in [-0.05, 0) is 18.2 Å². The molecule has 2 aromatic rings. The molecular weight excluding hydrogens is 302 g/mol. The highest BCUT2D eigenvalue weighted by molar-refractivity contribution is 5.89. The highest BCUT2D eigenvalue weighted by Crippen LogP contribution is 2.20. The number of carboxylic acids is 1. The first-order chi connectivity index (χ1) is 11.0. The molecule has 0 unspecified atom stereocenters. The highest BCUT2D eigenvalue weighted by atomic mass is 16.5. The van der Waals surface area contributed by atoms with Gasteiger partial charge in [0.25, 0.3) is 5.97 Å². The van der Waals surface area contributed by atoms with E-state index in [1.54, 1.807) is 30.3 Å². The molecule has 0 radical (unpaired) electrons. The van der Waals surface area contributed by atoms with E-state index < -0.39 is 11.9 Å². The summed E-state index contributed by atoms with van der Waals surface area (Å²) >= 11 is 0. The van der Waals surface area contributed by atoms with Crippen molar-refractivity contribution in [3.05, 3.63) is 47.9 Å². The summed E-state index contributed by atoms with van der Waals surface area (Å²) in [6, 6.07) is 8.29. The minimum absolute atomic E-state index is 0.307. The average molecular weight is 319 g/mol. The third-order valence-electron chi connectivity index (χ3n) is 2.39. The smallest absolute Gasteiger partial charge is 0.337 e. The molecule has 0 saturated heterocycles. The molecule has 0 fully saturated rings. The van der Waals surface area contributed by atoms with Crippen molar-refractivity contribution in [3.8, 4) is 11.6 Å². The summed E-state index contributed by atoms with van der Waals surface area (Å²) in [5, 5.41) is 7.42. The number of benzene rings is 1. The zero-order chi connectivity index (χ0) is 17.2. The number of carboxylic acid groups (broad SMARTS) is 1. The molecule has 0 aliphatic heterocycles. The van der Waals surface area contributed by atoms with E-state index in [2.05, 4.69) is 14.7 Å². The van der Waals surface area contributed by atoms with Crippen molar-refractivity contribution in [2.45, 2.75) is 13.5 Å². The number of rotatable bonds is 4. The second-order valence-corrected chi connectivity index (χ2v) is 4.19. The SMILES string of the molecule is CC(=O)O.COC(=O)c1cccc(Oc2cc(CN)ncn2)c1. The summed E-state index contributed by atoms with van der Waals surface area (Å²) < 4.78 is 10.2. The van der Waals surface area contributed by atoms with Gasteiger partial charge in [0.1, 0.15) is 12.1 Å². The number of hydrogen-bond acceptors (Lipinski definition) is 7. The lowest BCUT2D eigenvalue weighted by Gasteiger charge is -2.06. The van der Waals surface area contributed by atoms with E-state index in [1.165, 1.54) is 13.4 Å². The first kappa shape index (κ1) is 18.1. The van der Waals surface area contributed by atoms with E-state index in [4.69, 9.17) is 20.4 Å². The van der Waals surface area contributed by atoms with Gasteiger partial charge >= 0.3 is 5.97 Å². The van der Waals surface area contributed by atoms with Crippen molar-refractivity contribution in [1.29, 1.82) is 0 Å². The lowest BCUT2D eigenvalue weighted by atomic mass is 10.2. The predicted octanol–water partition coefficient (Wildman–Crippen LogP) is 1.61. The Morgan fingerprint density at radius 3 is 2.57 bits per heavy atom. The number of nitrogens with zero attached hydrogens (tertiary/aromatic N) is 2. The fourth-order valence-corrected chi connectivity index (χ4v) is 1.47. The molecule has 1 aromatic heterocycles. The van der Waals surface area contributed by atoms with Gasteiger partial charge in [-0.2, -0.15) is 0 Å². The summed E-state index contributed by atoms with van der Waals surface area (Å²) in [5.74, 6) is -0.391. The van der Waals surface area contributed by atoms with Gasteiger partial charge in [0.2, 0.25) is 5.88 Å². The van der Waals surface area contributed by atoms with Gasteiger partial charge in [-0.1, -0.05) is 6.07 Å². The van der Waals surface area contributed by atoms with Crippen LogP contribution in [0, 0.1) is 0 Å². The number of nitrogens with two attached hydrogens (primary N) is 1. The van der Waals surface area contributed by atoms with Crippen LogP contribution in [0.2, 0.25) is 0 Å². The maximum Gasteiger partial charge on any atom is 0.337 e. The normalized spacial score (nSPS) is 9.35. The topological polar surface area (TPSA) is 125 Å². The Kier molecular flexibility index (Phi) is 7.15. The van der Waals surface area contributed by atoms with Crippen LogP contribution in [0.15, 0.2) is 36.7 Å². The third-order valence-corrected chi connectivity index (χ3v) is 2.39. The molecule has 0 bridgehead atoms. The van der Waals surface area contributed by atoms with Gasteiger partial charge in [-0.25, -0.2) is 14.8 Å². The van der Waals surface area contributed by atoms with E-state index in [9.17, 15) is 4.79 Å². The van der Waals surface area contributed by atoms with E-state index >= 15 is 0 Å². The molecule has 3 N–H and O–H groups in total. The fourth-order valence-electron chi connectivity index (χ4n) is 1.47. The van der Waals surface area contributed by atoms with Crippen LogP contribution < -0.4 is 10.5 Å². The van der Waals surface area contributed by atoms with E-state index in [0.717, 1.165) is 6.92 Å². The number of methoxy groups -OCH3 is 1. The van der Waals surface area contributed by atoms with Gasteiger partial charge in [-0.15, -0.1) is 0 Å². The van der Waals surface area contributed by atoms with Crippen LogP contribution >= 0.6 is 0 Å². The molecule has 122 valence electrons. The van der Waals surface area contributed by atoms with Gasteiger partial charge in [0.15, 0.2) is 0 Å². The highest BCUT2D eigenvalue weighted by Gasteiger charge is 2.07. The molecule has 0 spiro atoms. The Morgan fingerprint density at radius 2 is 1.96 bits per heavy atom. The maximum absolute atomic E-state index is 11.4. The lowest BCUT2D eigenvalue weighted by Crippen LogP contribution is -2.02. The summed E-state index contributed by atoms with van der Waals surface area (Å²) in [7, 11) is 1.33. The van der Waals surface area contributed by atoms with Gasteiger partial charge < -0.3 is 20.3 Å². The van der Waals surface area contributed by atoms with Gasteiger partial charge in [-0.3, -0.25) is 4.79 Å². The third kappa shape index (κ3) is 6.53. The Labute approximate surface area is 132 Å². The van der Waals surface area contributed by atoms with Crippen molar-refractivity contribution < 1.29 is 24.2 Å². The quantitative estimate of drug-likeness (QED) is 0.814. The minimum atomic E-state index is -0.833. The fraction of sp³-hybridized carbons (Fsp3) is 0.200. The summed E-state index contributed by atoms with van der Waals surface area (Å²) in [5.41, 5.74) is 6.57. The Balaban J connectivity index is 0.000000593. The van der Waals surface area contributed by atoms with E-state index in [1.807, 2.05) is 0 Å². The zero-order valence-corrected chi connectivity index (χ0v) is 12.7. The second kappa shape index (κ2) is 9.11. The van der Waals surface area contributed by atoms with Crippen LogP contribution in [0.3, 0.4) is 0 Å². The molecule has 0 aliphatic carbocycles. The van der Waals surface area contributed by atoms with Crippen molar-refractivity contribution in [3.63, 3.8) is 0 Å². The number of carbonyl (C=O) groups excluding carboxylic acids is 1. The number of ether oxygens (including phenoxy) is 2. The van der Waals surface area contributed by atoms with Crippen molar-refractivity contribution >= 4 is 11.9 Å². The molecule has 0 amide bonds. The van der Waals surface area contributed by atoms with Crippen molar-refractivity contribution in [2.75, 3.05) is 7.11 Å². The molecule has 0 saturated carbocycles. The standard InChI is InChI=1S/C13H13N3O3.C2H4O2/c1-18-13(17)9-3-2-4-11(5-9)19-12-6-10(7-14)15-8-16-12;1-2(3)4/h2-6,8H,7,14H2,1H3;1H3,(H,3,4). The molecule has 8 nitrogen and oxygen atoms in total. The number of hydrogen-bond donors (Lipinski definition) is 2. The lowest BCUT2D eigenvalue weighted by molar-refractivity contribution is -0.134. The monoisotopic (exact) mass is 319 g/mol. The first-order valence-electron chi connectivity index (χ1n) is 6.53. The average Bonchev–Trinajstić information content (AvgIpc) is 2.54.